The Morgan fingerprint density at radius 3 is 2.60 bits per heavy atom. The average Bonchev–Trinajstić information content (AvgIpc) is 3.05. The van der Waals surface area contributed by atoms with E-state index in [0.29, 0.717) is 53.7 Å². The monoisotopic (exact) mass is 633 g/mol. The molecule has 5 rings (SSSR count). The fraction of sp³-hybridized carbons (Fsp3) is 0.367. The van der Waals surface area contributed by atoms with Crippen molar-refractivity contribution in [1.29, 1.82) is 5.26 Å². The van der Waals surface area contributed by atoms with Crippen molar-refractivity contribution in [2.24, 2.45) is 5.11 Å². The molecule has 4 aromatic rings. The molecule has 1 atom stereocenters. The number of pyridine rings is 2. The Bertz CT molecular complexity index is 1770. The molecular weight excluding hydrogens is 604 g/mol. The van der Waals surface area contributed by atoms with E-state index in [0.717, 1.165) is 32.7 Å². The molecule has 0 aliphatic carbocycles. The number of benzene rings is 1. The lowest BCUT2D eigenvalue weighted by Gasteiger charge is -2.34. The molecule has 3 aromatic heterocycles. The topological polar surface area (TPSA) is 152 Å². The second-order valence-corrected chi connectivity index (χ2v) is 10.8. The minimum atomic E-state index is -0.602. The van der Waals surface area contributed by atoms with Crippen LogP contribution in [-0.2, 0) is 4.74 Å². The highest BCUT2D eigenvalue weighted by atomic mass is 35.5. The number of rotatable bonds is 11. The lowest BCUT2D eigenvalue weighted by Crippen LogP contribution is -2.47. The van der Waals surface area contributed by atoms with Gasteiger partial charge in [0.25, 0.3) is 0 Å². The van der Waals surface area contributed by atoms with Crippen LogP contribution in [0.5, 0.6) is 0 Å². The number of aryl methyl sites for hydroxylation is 1. The van der Waals surface area contributed by atoms with Crippen LogP contribution in [0, 0.1) is 29.9 Å². The Morgan fingerprint density at radius 1 is 1.13 bits per heavy atom. The van der Waals surface area contributed by atoms with Gasteiger partial charge in [0.15, 0.2) is 5.82 Å². The quantitative estimate of drug-likeness (QED) is 0.0932. The normalized spacial score (nSPS) is 14.2. The van der Waals surface area contributed by atoms with Gasteiger partial charge in [-0.3, -0.25) is 4.90 Å². The fourth-order valence-corrected chi connectivity index (χ4v) is 5.25. The van der Waals surface area contributed by atoms with Gasteiger partial charge in [0.05, 0.1) is 52.8 Å². The van der Waals surface area contributed by atoms with E-state index in [4.69, 9.17) is 21.9 Å². The highest BCUT2D eigenvalue weighted by molar-refractivity contribution is 6.35. The number of azide groups is 1. The predicted octanol–water partition coefficient (Wildman–Crippen LogP) is 5.82. The summed E-state index contributed by atoms with van der Waals surface area (Å²) in [7, 11) is 0. The predicted molar refractivity (Wildman–Crippen MR) is 167 cm³/mol. The van der Waals surface area contributed by atoms with Crippen molar-refractivity contribution in [1.82, 2.24) is 24.8 Å². The lowest BCUT2D eigenvalue weighted by molar-refractivity contribution is 0.107. The molecular formula is C30H30ClF2N11O. The van der Waals surface area contributed by atoms with Crippen LogP contribution in [0.2, 0.25) is 5.02 Å². The first-order valence-electron chi connectivity index (χ1n) is 14.3. The number of anilines is 2. The van der Waals surface area contributed by atoms with E-state index >= 15 is 4.39 Å². The maximum absolute atomic E-state index is 15.4. The van der Waals surface area contributed by atoms with E-state index in [1.54, 1.807) is 13.8 Å². The summed E-state index contributed by atoms with van der Waals surface area (Å²) in [5, 5.41) is 16.2. The molecule has 0 amide bonds. The second-order valence-electron chi connectivity index (χ2n) is 10.5. The number of nitrogens with zero attached hydrogens (tertiary/aromatic N) is 10. The van der Waals surface area contributed by atoms with Crippen LogP contribution >= 0.6 is 11.6 Å². The van der Waals surface area contributed by atoms with E-state index in [2.05, 4.69) is 45.1 Å². The third-order valence-corrected chi connectivity index (χ3v) is 7.95. The van der Waals surface area contributed by atoms with Gasteiger partial charge in [0.2, 0.25) is 5.95 Å². The Hall–Kier alpha value is -4.67. The van der Waals surface area contributed by atoms with E-state index in [-0.39, 0.29) is 21.8 Å². The number of piperazine rings is 1. The van der Waals surface area contributed by atoms with E-state index in [1.165, 1.54) is 36.7 Å². The van der Waals surface area contributed by atoms with E-state index in [1.807, 2.05) is 6.07 Å². The molecule has 1 saturated heterocycles. The molecule has 0 bridgehead atoms. The maximum Gasteiger partial charge on any atom is 0.225 e. The molecule has 0 radical (unpaired) electrons. The van der Waals surface area contributed by atoms with Crippen molar-refractivity contribution in [3.05, 3.63) is 80.6 Å². The summed E-state index contributed by atoms with van der Waals surface area (Å²) in [5.41, 5.74) is 10.7. The van der Waals surface area contributed by atoms with Crippen LogP contribution in [0.25, 0.3) is 32.7 Å². The smallest absolute Gasteiger partial charge is 0.225 e. The number of aromatic nitrogens is 4. The van der Waals surface area contributed by atoms with Crippen molar-refractivity contribution >= 4 is 34.3 Å². The second kappa shape index (κ2) is 14.4. The molecule has 0 unspecified atom stereocenters. The van der Waals surface area contributed by atoms with Crippen LogP contribution in [0.15, 0.2) is 41.8 Å². The number of nitriles is 1. The summed E-state index contributed by atoms with van der Waals surface area (Å²) in [6, 6.07) is 6.82. The van der Waals surface area contributed by atoms with Crippen molar-refractivity contribution in [3.63, 3.8) is 0 Å². The third-order valence-electron chi connectivity index (χ3n) is 7.49. The molecule has 1 fully saturated rings. The fourth-order valence-electron chi connectivity index (χ4n) is 5.06. The molecule has 0 spiro atoms. The summed E-state index contributed by atoms with van der Waals surface area (Å²) < 4.78 is 35.6. The lowest BCUT2D eigenvalue weighted by atomic mass is 10.0. The number of ether oxygens (including phenoxy) is 1. The van der Waals surface area contributed by atoms with E-state index < -0.39 is 17.7 Å². The number of hydrogen-bond acceptors (Lipinski definition) is 10. The average molecular weight is 634 g/mol. The van der Waals surface area contributed by atoms with Gasteiger partial charge >= 0.3 is 0 Å². The van der Waals surface area contributed by atoms with Crippen LogP contribution in [0.3, 0.4) is 0 Å². The van der Waals surface area contributed by atoms with Crippen LogP contribution < -0.4 is 10.2 Å². The van der Waals surface area contributed by atoms with Crippen molar-refractivity contribution in [3.8, 4) is 17.3 Å². The van der Waals surface area contributed by atoms with Crippen molar-refractivity contribution in [2.75, 3.05) is 62.7 Å². The molecule has 1 aliphatic heterocycles. The first-order chi connectivity index (χ1) is 21.8. The van der Waals surface area contributed by atoms with Crippen LogP contribution in [0.4, 0.5) is 20.4 Å². The standard InChI is InChI=1S/C30H30ClF2N11O/c1-18(22-13-20(15-34)3-4-23(22)32)40-29-26(31)19(2)39-25-14-24(33)27(41-28(25)29)21-16-36-30(37-17-21)44-8-6-43(7-9-44)10-12-45-11-5-38-42-35/h3-4,13-14,16-18H,5-12H2,1-2H3,(H,39,40)/t18-/m1/s1. The molecule has 15 heteroatoms. The third kappa shape index (κ3) is 7.35. The maximum atomic E-state index is 15.4. The molecule has 1 aliphatic rings. The van der Waals surface area contributed by atoms with Crippen LogP contribution in [0.1, 0.15) is 29.8 Å². The Labute approximate surface area is 263 Å². The van der Waals surface area contributed by atoms with Gasteiger partial charge in [-0.15, -0.1) is 0 Å². The largest absolute Gasteiger partial charge is 0.380 e. The number of hydrogen-bond donors (Lipinski definition) is 1. The van der Waals surface area contributed by atoms with Crippen molar-refractivity contribution in [2.45, 2.75) is 19.9 Å². The molecule has 12 nitrogen and oxygen atoms in total. The van der Waals surface area contributed by atoms with Gasteiger partial charge in [-0.1, -0.05) is 16.7 Å². The number of nitrogens with one attached hydrogen (secondary N) is 1. The SMILES string of the molecule is Cc1nc2cc(F)c(-c3cnc(N4CCN(CCOCCN=[N+]=[N-])CC4)nc3)nc2c(N[C@H](C)c2cc(C#N)ccc2F)c1Cl. The minimum absolute atomic E-state index is 0.0226. The Morgan fingerprint density at radius 2 is 1.89 bits per heavy atom. The molecule has 232 valence electrons. The summed E-state index contributed by atoms with van der Waals surface area (Å²) in [4.78, 5) is 25.0. The zero-order chi connectivity index (χ0) is 31.9. The number of fused-ring (bicyclic) bond motifs is 1. The molecule has 45 heavy (non-hydrogen) atoms. The van der Waals surface area contributed by atoms with Gasteiger partial charge < -0.3 is 15.0 Å². The molecule has 1 N–H and O–H groups in total. The summed E-state index contributed by atoms with van der Waals surface area (Å²) in [5.74, 6) is -0.551. The zero-order valence-corrected chi connectivity index (χ0v) is 25.5. The highest BCUT2D eigenvalue weighted by Crippen LogP contribution is 2.36. The van der Waals surface area contributed by atoms with Gasteiger partial charge in [-0.05, 0) is 37.6 Å². The Kier molecular flexibility index (Phi) is 10.2. The van der Waals surface area contributed by atoms with Gasteiger partial charge in [-0.2, -0.15) is 5.26 Å². The van der Waals surface area contributed by atoms with Gasteiger partial charge in [-0.25, -0.2) is 28.7 Å². The summed E-state index contributed by atoms with van der Waals surface area (Å²) in [6.07, 6.45) is 3.07. The minimum Gasteiger partial charge on any atom is -0.380 e. The van der Waals surface area contributed by atoms with Gasteiger partial charge in [0.1, 0.15) is 17.0 Å². The molecule has 0 saturated carbocycles. The highest BCUT2D eigenvalue weighted by Gasteiger charge is 2.22. The molecule has 4 heterocycles. The van der Waals surface area contributed by atoms with Gasteiger partial charge in [0, 0.05) is 73.8 Å². The zero-order valence-electron chi connectivity index (χ0n) is 24.7. The number of halogens is 3. The summed E-state index contributed by atoms with van der Waals surface area (Å²) >= 11 is 6.65. The van der Waals surface area contributed by atoms with Crippen molar-refractivity contribution < 1.29 is 13.5 Å². The molecule has 1 aromatic carbocycles. The first-order valence-corrected chi connectivity index (χ1v) is 14.7. The van der Waals surface area contributed by atoms with E-state index in [9.17, 15) is 9.65 Å². The summed E-state index contributed by atoms with van der Waals surface area (Å²) in [6.45, 7) is 8.50. The van der Waals surface area contributed by atoms with Crippen LogP contribution in [-0.4, -0.2) is 77.3 Å². The first kappa shape index (κ1) is 31.7. The Balaban J connectivity index is 1.33.